The number of piperazine rings is 1. The van der Waals surface area contributed by atoms with E-state index in [1.54, 1.807) is 12.3 Å². The molecule has 8 heteroatoms. The molecule has 4 aromatic rings. The van der Waals surface area contributed by atoms with Gasteiger partial charge in [-0.2, -0.15) is 9.50 Å². The molecule has 5 rings (SSSR count). The summed E-state index contributed by atoms with van der Waals surface area (Å²) in [6, 6.07) is 15.6. The number of aromatic nitrogens is 4. The zero-order chi connectivity index (χ0) is 20.3. The lowest BCUT2D eigenvalue weighted by Crippen LogP contribution is -2.46. The van der Waals surface area contributed by atoms with E-state index in [-0.39, 0.29) is 0 Å². The lowest BCUT2D eigenvalue weighted by molar-refractivity contribution is 0.287. The molecular weight excluding hydrogens is 378 g/mol. The van der Waals surface area contributed by atoms with Crippen LogP contribution in [0.2, 0.25) is 0 Å². The number of hydrogen-bond donors (Lipinski definition) is 1. The van der Waals surface area contributed by atoms with Crippen LogP contribution in [0.3, 0.4) is 0 Å². The number of hydrogen-bond acceptors (Lipinski definition) is 7. The first-order valence-electron chi connectivity index (χ1n) is 9.85. The van der Waals surface area contributed by atoms with Crippen molar-refractivity contribution < 1.29 is 4.42 Å². The van der Waals surface area contributed by atoms with Crippen LogP contribution in [0, 0.1) is 11.8 Å². The van der Waals surface area contributed by atoms with E-state index in [1.165, 1.54) is 4.52 Å². The number of anilines is 2. The van der Waals surface area contributed by atoms with Crippen LogP contribution in [-0.2, 0) is 0 Å². The first kappa shape index (κ1) is 18.2. The average Bonchev–Trinajstić information content (AvgIpc) is 3.45. The average molecular weight is 399 g/mol. The third kappa shape index (κ3) is 3.71. The second kappa shape index (κ2) is 7.89. The fourth-order valence-corrected chi connectivity index (χ4v) is 3.48. The van der Waals surface area contributed by atoms with Crippen molar-refractivity contribution >= 4 is 17.4 Å². The van der Waals surface area contributed by atoms with Crippen LogP contribution >= 0.6 is 0 Å². The third-order valence-corrected chi connectivity index (χ3v) is 5.08. The van der Waals surface area contributed by atoms with Gasteiger partial charge in [0.1, 0.15) is 5.82 Å². The van der Waals surface area contributed by atoms with Crippen LogP contribution in [0.15, 0.2) is 59.2 Å². The van der Waals surface area contributed by atoms with Gasteiger partial charge in [-0.05, 0) is 24.3 Å². The Labute approximate surface area is 173 Å². The summed E-state index contributed by atoms with van der Waals surface area (Å²) in [5, 5.41) is 4.39. The van der Waals surface area contributed by atoms with E-state index in [9.17, 15) is 0 Å². The fourth-order valence-electron chi connectivity index (χ4n) is 3.48. The van der Waals surface area contributed by atoms with E-state index >= 15 is 0 Å². The minimum absolute atomic E-state index is 0.309. The molecule has 8 nitrogen and oxygen atoms in total. The van der Waals surface area contributed by atoms with Gasteiger partial charge in [0.25, 0.3) is 0 Å². The first-order valence-corrected chi connectivity index (χ1v) is 9.85. The number of furan rings is 1. The molecule has 0 aliphatic carbocycles. The zero-order valence-electron chi connectivity index (χ0n) is 16.4. The highest BCUT2D eigenvalue weighted by Gasteiger charge is 2.20. The van der Waals surface area contributed by atoms with Crippen molar-refractivity contribution in [3.8, 4) is 23.4 Å². The Morgan fingerprint density at radius 1 is 1.00 bits per heavy atom. The van der Waals surface area contributed by atoms with Crippen molar-refractivity contribution in [3.63, 3.8) is 0 Å². The molecule has 0 spiro atoms. The van der Waals surface area contributed by atoms with Gasteiger partial charge in [-0.3, -0.25) is 4.90 Å². The summed E-state index contributed by atoms with van der Waals surface area (Å²) in [7, 11) is 0. The largest absolute Gasteiger partial charge is 0.461 e. The summed E-state index contributed by atoms with van der Waals surface area (Å²) < 4.78 is 6.92. The maximum atomic E-state index is 6.14. The van der Waals surface area contributed by atoms with E-state index in [0.717, 1.165) is 44.1 Å². The predicted molar refractivity (Wildman–Crippen MR) is 115 cm³/mol. The minimum atomic E-state index is 0.309. The Bertz CT molecular complexity index is 1200. The lowest BCUT2D eigenvalue weighted by atomic mass is 10.2. The van der Waals surface area contributed by atoms with E-state index in [0.29, 0.717) is 23.2 Å². The monoisotopic (exact) mass is 399 g/mol. The van der Waals surface area contributed by atoms with Crippen LogP contribution in [-0.4, -0.2) is 57.2 Å². The normalized spacial score (nSPS) is 14.6. The second-order valence-corrected chi connectivity index (χ2v) is 7.09. The molecule has 0 atom stereocenters. The molecule has 0 saturated carbocycles. The molecule has 0 amide bonds. The Balaban J connectivity index is 1.26. The SMILES string of the molecule is Nc1nc(N2CCN(CC#Cc3ccccc3)CC2)cc2nc(-c3ccco3)nn12. The Kier molecular flexibility index (Phi) is 4.79. The summed E-state index contributed by atoms with van der Waals surface area (Å²) in [6.45, 7) is 4.30. The summed E-state index contributed by atoms with van der Waals surface area (Å²) >= 11 is 0. The molecule has 0 unspecified atom stereocenters. The van der Waals surface area contributed by atoms with Gasteiger partial charge in [0.2, 0.25) is 11.8 Å². The van der Waals surface area contributed by atoms with Crippen molar-refractivity contribution in [3.05, 3.63) is 60.4 Å². The molecule has 1 aliphatic heterocycles. The van der Waals surface area contributed by atoms with Crippen molar-refractivity contribution in [1.29, 1.82) is 0 Å². The van der Waals surface area contributed by atoms with E-state index in [2.05, 4.69) is 36.7 Å². The van der Waals surface area contributed by atoms with Crippen molar-refractivity contribution in [2.75, 3.05) is 43.4 Å². The number of rotatable bonds is 3. The first-order chi connectivity index (χ1) is 14.8. The molecule has 0 bridgehead atoms. The molecule has 3 aromatic heterocycles. The smallest absolute Gasteiger partial charge is 0.225 e. The number of benzene rings is 1. The van der Waals surface area contributed by atoms with Gasteiger partial charge in [0, 0.05) is 37.8 Å². The standard InChI is InChI=1S/C22H21N7O/c23-22-25-19(16-20-24-21(26-29(20)22)18-9-5-15-30-18)28-13-11-27(12-14-28)10-4-8-17-6-2-1-3-7-17/h1-3,5-7,9,15-16H,10-14H2,(H2,23,25). The van der Waals surface area contributed by atoms with Gasteiger partial charge in [-0.25, -0.2) is 4.98 Å². The van der Waals surface area contributed by atoms with Crippen molar-refractivity contribution in [2.45, 2.75) is 0 Å². The lowest BCUT2D eigenvalue weighted by Gasteiger charge is -2.34. The van der Waals surface area contributed by atoms with Gasteiger partial charge in [0.15, 0.2) is 11.4 Å². The van der Waals surface area contributed by atoms with Crippen LogP contribution < -0.4 is 10.6 Å². The highest BCUT2D eigenvalue weighted by Crippen LogP contribution is 2.21. The Morgan fingerprint density at radius 2 is 1.83 bits per heavy atom. The highest BCUT2D eigenvalue weighted by atomic mass is 16.3. The van der Waals surface area contributed by atoms with Crippen LogP contribution in [0.1, 0.15) is 5.56 Å². The van der Waals surface area contributed by atoms with Gasteiger partial charge in [-0.1, -0.05) is 30.0 Å². The Morgan fingerprint density at radius 3 is 2.60 bits per heavy atom. The van der Waals surface area contributed by atoms with E-state index in [1.807, 2.05) is 42.5 Å². The molecule has 1 aromatic carbocycles. The molecule has 4 heterocycles. The molecule has 150 valence electrons. The topological polar surface area (TPSA) is 88.7 Å². The summed E-state index contributed by atoms with van der Waals surface area (Å²) in [6.07, 6.45) is 1.60. The maximum absolute atomic E-state index is 6.14. The minimum Gasteiger partial charge on any atom is -0.461 e. The zero-order valence-corrected chi connectivity index (χ0v) is 16.4. The summed E-state index contributed by atoms with van der Waals surface area (Å²) in [5.41, 5.74) is 7.84. The number of nitrogen functional groups attached to an aromatic ring is 1. The number of fused-ring (bicyclic) bond motifs is 1. The number of nitrogens with two attached hydrogens (primary N) is 1. The maximum Gasteiger partial charge on any atom is 0.225 e. The molecule has 1 aliphatic rings. The van der Waals surface area contributed by atoms with E-state index < -0.39 is 0 Å². The van der Waals surface area contributed by atoms with Crippen LogP contribution in [0.5, 0.6) is 0 Å². The highest BCUT2D eigenvalue weighted by molar-refractivity contribution is 5.59. The van der Waals surface area contributed by atoms with Crippen LogP contribution in [0.4, 0.5) is 11.8 Å². The third-order valence-electron chi connectivity index (χ3n) is 5.08. The molecule has 2 N–H and O–H groups in total. The molecular formula is C22H21N7O. The fraction of sp³-hybridized carbons (Fsp3) is 0.227. The molecule has 1 fully saturated rings. The van der Waals surface area contributed by atoms with Crippen molar-refractivity contribution in [1.82, 2.24) is 24.5 Å². The number of nitrogens with zero attached hydrogens (tertiary/aromatic N) is 6. The van der Waals surface area contributed by atoms with Crippen molar-refractivity contribution in [2.24, 2.45) is 0 Å². The second-order valence-electron chi connectivity index (χ2n) is 7.09. The van der Waals surface area contributed by atoms with Gasteiger partial charge in [0.05, 0.1) is 12.8 Å². The molecule has 0 radical (unpaired) electrons. The van der Waals surface area contributed by atoms with Gasteiger partial charge < -0.3 is 15.1 Å². The predicted octanol–water partition coefficient (Wildman–Crippen LogP) is 2.14. The quantitative estimate of drug-likeness (QED) is 0.528. The molecule has 1 saturated heterocycles. The van der Waals surface area contributed by atoms with Crippen LogP contribution in [0.25, 0.3) is 17.2 Å². The summed E-state index contributed by atoms with van der Waals surface area (Å²) in [5.74, 6) is 8.70. The summed E-state index contributed by atoms with van der Waals surface area (Å²) in [4.78, 5) is 13.6. The van der Waals surface area contributed by atoms with Gasteiger partial charge in [-0.15, -0.1) is 5.10 Å². The Hall–Kier alpha value is -3.83. The van der Waals surface area contributed by atoms with E-state index in [4.69, 9.17) is 10.2 Å². The van der Waals surface area contributed by atoms with Gasteiger partial charge >= 0.3 is 0 Å². The molecule has 30 heavy (non-hydrogen) atoms.